The van der Waals surface area contributed by atoms with Gasteiger partial charge in [0, 0.05) is 55.5 Å². The molecule has 1 aliphatic rings. The van der Waals surface area contributed by atoms with E-state index in [4.69, 9.17) is 4.42 Å². The molecule has 5 aromatic rings. The standard InChI is InChI=1S/C34H33F3N4O5S/c1-19-10-12-20(13-11-19)31-29(32(42)38-2)24-16-23(27(17-28(24)46-31)40(3)47(4,44)45)22-8-6-14-41(18-22)33(43)26-15-21-7-5-9-25(30(21)39-26)34(35,36)37/h5,7,9-13,15-17,22,39H,6,8,14,18H2,1-4H3,(H,38,42)/t22-/m0/s1. The molecule has 3 heterocycles. The molecule has 2 amide bonds. The lowest BCUT2D eigenvalue weighted by Gasteiger charge is -2.34. The van der Waals surface area contributed by atoms with Gasteiger partial charge < -0.3 is 19.6 Å². The first-order valence-corrected chi connectivity index (χ1v) is 16.8. The lowest BCUT2D eigenvalue weighted by atomic mass is 9.88. The zero-order valence-electron chi connectivity index (χ0n) is 26.2. The molecular weight excluding hydrogens is 633 g/mol. The molecule has 0 bridgehead atoms. The number of sulfonamides is 1. The Kier molecular flexibility index (Phi) is 8.07. The van der Waals surface area contributed by atoms with Gasteiger partial charge in [0.1, 0.15) is 17.0 Å². The Hall–Kier alpha value is -4.78. The monoisotopic (exact) mass is 666 g/mol. The number of piperidine rings is 1. The number of rotatable bonds is 6. The molecule has 0 unspecified atom stereocenters. The first-order valence-electron chi connectivity index (χ1n) is 15.0. The molecule has 47 heavy (non-hydrogen) atoms. The molecule has 13 heteroatoms. The van der Waals surface area contributed by atoms with E-state index in [1.807, 2.05) is 31.2 Å². The number of hydrogen-bond acceptors (Lipinski definition) is 5. The van der Waals surface area contributed by atoms with E-state index in [1.54, 1.807) is 17.0 Å². The molecule has 9 nitrogen and oxygen atoms in total. The highest BCUT2D eigenvalue weighted by atomic mass is 32.2. The van der Waals surface area contributed by atoms with Crippen LogP contribution in [0.4, 0.5) is 18.9 Å². The van der Waals surface area contributed by atoms with Gasteiger partial charge in [0.2, 0.25) is 10.0 Å². The van der Waals surface area contributed by atoms with Gasteiger partial charge in [0.05, 0.1) is 28.6 Å². The van der Waals surface area contributed by atoms with E-state index in [1.165, 1.54) is 32.3 Å². The van der Waals surface area contributed by atoms with Gasteiger partial charge in [0.15, 0.2) is 0 Å². The normalized spacial score (nSPS) is 15.7. The number of likely N-dealkylation sites (tertiary alicyclic amines) is 1. The number of aromatic nitrogens is 1. The van der Waals surface area contributed by atoms with Crippen molar-refractivity contribution in [3.8, 4) is 11.3 Å². The van der Waals surface area contributed by atoms with E-state index in [2.05, 4.69) is 10.3 Å². The van der Waals surface area contributed by atoms with Gasteiger partial charge in [-0.25, -0.2) is 8.42 Å². The largest absolute Gasteiger partial charge is 0.455 e. The highest BCUT2D eigenvalue weighted by molar-refractivity contribution is 7.92. The lowest BCUT2D eigenvalue weighted by Crippen LogP contribution is -2.39. The van der Waals surface area contributed by atoms with Crippen molar-refractivity contribution < 1.29 is 35.6 Å². The molecule has 1 fully saturated rings. The molecule has 3 aromatic carbocycles. The third-order valence-corrected chi connectivity index (χ3v) is 9.97. The molecule has 1 aliphatic heterocycles. The van der Waals surface area contributed by atoms with Crippen molar-refractivity contribution in [1.82, 2.24) is 15.2 Å². The van der Waals surface area contributed by atoms with Gasteiger partial charge >= 0.3 is 6.18 Å². The van der Waals surface area contributed by atoms with Crippen molar-refractivity contribution in [2.45, 2.75) is 31.9 Å². The summed E-state index contributed by atoms with van der Waals surface area (Å²) in [5.74, 6) is -0.871. The van der Waals surface area contributed by atoms with Crippen LogP contribution in [0.25, 0.3) is 33.2 Å². The number of aromatic amines is 1. The van der Waals surface area contributed by atoms with Crippen LogP contribution in [0.2, 0.25) is 0 Å². The van der Waals surface area contributed by atoms with Crippen LogP contribution >= 0.6 is 0 Å². The molecule has 0 spiro atoms. The summed E-state index contributed by atoms with van der Waals surface area (Å²) in [4.78, 5) is 31.2. The van der Waals surface area contributed by atoms with Crippen LogP contribution in [-0.2, 0) is 16.2 Å². The van der Waals surface area contributed by atoms with Crippen LogP contribution in [0.5, 0.6) is 0 Å². The Morgan fingerprint density at radius 3 is 2.47 bits per heavy atom. The fourth-order valence-electron chi connectivity index (χ4n) is 6.28. The van der Waals surface area contributed by atoms with Crippen molar-refractivity contribution in [1.29, 1.82) is 0 Å². The van der Waals surface area contributed by atoms with Gasteiger partial charge in [-0.15, -0.1) is 0 Å². The summed E-state index contributed by atoms with van der Waals surface area (Å²) >= 11 is 0. The molecule has 0 saturated carbocycles. The minimum absolute atomic E-state index is 0.0285. The molecule has 1 saturated heterocycles. The molecule has 0 radical (unpaired) electrons. The zero-order chi connectivity index (χ0) is 33.8. The van der Waals surface area contributed by atoms with E-state index in [-0.39, 0.29) is 35.0 Å². The maximum atomic E-state index is 13.7. The summed E-state index contributed by atoms with van der Waals surface area (Å²) in [6, 6.07) is 16.0. The summed E-state index contributed by atoms with van der Waals surface area (Å²) in [7, 11) is -0.794. The van der Waals surface area contributed by atoms with Crippen molar-refractivity contribution >= 4 is 49.4 Å². The minimum atomic E-state index is -4.60. The van der Waals surface area contributed by atoms with Crippen molar-refractivity contribution in [2.24, 2.45) is 0 Å². The molecule has 2 aromatic heterocycles. The van der Waals surface area contributed by atoms with Crippen LogP contribution in [0.1, 0.15) is 56.3 Å². The predicted octanol–water partition coefficient (Wildman–Crippen LogP) is 6.68. The summed E-state index contributed by atoms with van der Waals surface area (Å²) in [5.41, 5.74) is 2.25. The number of aryl methyl sites for hydroxylation is 1. The molecule has 246 valence electrons. The number of benzene rings is 3. The van der Waals surface area contributed by atoms with E-state index in [0.29, 0.717) is 58.5 Å². The number of halogens is 3. The Balaban J connectivity index is 1.44. The number of nitrogens with one attached hydrogen (secondary N) is 2. The average molecular weight is 667 g/mol. The second-order valence-corrected chi connectivity index (χ2v) is 13.9. The zero-order valence-corrected chi connectivity index (χ0v) is 27.0. The number of anilines is 1. The minimum Gasteiger partial charge on any atom is -0.455 e. The topological polar surface area (TPSA) is 116 Å². The highest BCUT2D eigenvalue weighted by Crippen LogP contribution is 2.42. The number of amides is 2. The number of H-pyrrole nitrogens is 1. The van der Waals surface area contributed by atoms with Gasteiger partial charge in [-0.3, -0.25) is 13.9 Å². The summed E-state index contributed by atoms with van der Waals surface area (Å²) in [6.45, 7) is 2.48. The van der Waals surface area contributed by atoms with Crippen molar-refractivity contribution in [3.63, 3.8) is 0 Å². The Morgan fingerprint density at radius 1 is 1.09 bits per heavy atom. The summed E-state index contributed by atoms with van der Waals surface area (Å²) < 4.78 is 73.9. The SMILES string of the molecule is CNC(=O)c1c(-c2ccc(C)cc2)oc2cc(N(C)S(C)(=O)=O)c([C@H]3CCCN(C(=O)c4cc5cccc(C(F)(F)F)c5[nH]4)C3)cc12. The van der Waals surface area contributed by atoms with Crippen molar-refractivity contribution in [3.05, 3.63) is 88.6 Å². The van der Waals surface area contributed by atoms with Crippen LogP contribution in [0, 0.1) is 6.92 Å². The van der Waals surface area contributed by atoms with Crippen molar-refractivity contribution in [2.75, 3.05) is 37.7 Å². The molecule has 1 atom stereocenters. The molecule has 2 N–H and O–H groups in total. The number of para-hydroxylation sites is 1. The van der Waals surface area contributed by atoms with E-state index in [0.717, 1.165) is 22.2 Å². The smallest absolute Gasteiger partial charge is 0.418 e. The Bertz CT molecular complexity index is 2130. The third-order valence-electron chi connectivity index (χ3n) is 8.78. The van der Waals surface area contributed by atoms with Gasteiger partial charge in [0.25, 0.3) is 11.8 Å². The first kappa shape index (κ1) is 32.2. The third kappa shape index (κ3) is 5.95. The first-order chi connectivity index (χ1) is 22.2. The van der Waals surface area contributed by atoms with Gasteiger partial charge in [-0.2, -0.15) is 13.2 Å². The summed E-state index contributed by atoms with van der Waals surface area (Å²) in [6.07, 6.45) is -2.35. The van der Waals surface area contributed by atoms with E-state index >= 15 is 0 Å². The number of furan rings is 1. The lowest BCUT2D eigenvalue weighted by molar-refractivity contribution is -0.136. The van der Waals surface area contributed by atoms with E-state index < -0.39 is 27.7 Å². The Labute approximate surface area is 269 Å². The number of carbonyl (C=O) groups is 2. The summed E-state index contributed by atoms with van der Waals surface area (Å²) in [5, 5.41) is 3.43. The van der Waals surface area contributed by atoms with Crippen LogP contribution < -0.4 is 9.62 Å². The van der Waals surface area contributed by atoms with Gasteiger partial charge in [-0.05, 0) is 43.5 Å². The fraction of sp³-hybridized carbons (Fsp3) is 0.294. The Morgan fingerprint density at radius 2 is 1.81 bits per heavy atom. The molecule has 0 aliphatic carbocycles. The fourth-order valence-corrected chi connectivity index (χ4v) is 6.79. The van der Waals surface area contributed by atoms with Crippen LogP contribution in [0.3, 0.4) is 0 Å². The maximum absolute atomic E-state index is 13.7. The second kappa shape index (κ2) is 11.8. The molecule has 6 rings (SSSR count). The number of nitrogens with zero attached hydrogens (tertiary/aromatic N) is 2. The number of fused-ring (bicyclic) bond motifs is 2. The average Bonchev–Trinajstić information content (AvgIpc) is 3.64. The van der Waals surface area contributed by atoms with Crippen LogP contribution in [0.15, 0.2) is 65.1 Å². The number of hydrogen-bond donors (Lipinski definition) is 2. The predicted molar refractivity (Wildman–Crippen MR) is 174 cm³/mol. The second-order valence-electron chi connectivity index (χ2n) is 11.9. The number of alkyl halides is 3. The molecular formula is C34H33F3N4O5S. The quantitative estimate of drug-likeness (QED) is 0.210. The van der Waals surface area contributed by atoms with E-state index in [9.17, 15) is 31.2 Å². The van der Waals surface area contributed by atoms with Gasteiger partial charge in [-0.1, -0.05) is 42.0 Å². The highest BCUT2D eigenvalue weighted by Gasteiger charge is 2.35. The maximum Gasteiger partial charge on any atom is 0.418 e. The number of carbonyl (C=O) groups excluding carboxylic acids is 2. The van der Waals surface area contributed by atoms with Crippen LogP contribution in [-0.4, -0.2) is 63.6 Å².